The first-order valence-electron chi connectivity index (χ1n) is 10.0. The van der Waals surface area contributed by atoms with Crippen LogP contribution in [0.4, 0.5) is 0 Å². The van der Waals surface area contributed by atoms with Gasteiger partial charge in [-0.2, -0.15) is 5.10 Å². The van der Waals surface area contributed by atoms with Crippen molar-refractivity contribution >= 4 is 12.1 Å². The van der Waals surface area contributed by atoms with E-state index >= 15 is 0 Å². The zero-order valence-corrected chi connectivity index (χ0v) is 18.9. The summed E-state index contributed by atoms with van der Waals surface area (Å²) in [6.07, 6.45) is 1.42. The largest absolute Gasteiger partial charge is 0.497 e. The molecule has 2 N–H and O–H groups in total. The minimum Gasteiger partial charge on any atom is -0.497 e. The number of rotatable bonds is 9. The van der Waals surface area contributed by atoms with E-state index in [0.29, 0.717) is 39.7 Å². The molecule has 8 heteroatoms. The van der Waals surface area contributed by atoms with Crippen molar-refractivity contribution in [2.75, 3.05) is 28.4 Å². The van der Waals surface area contributed by atoms with Crippen molar-refractivity contribution in [1.29, 1.82) is 0 Å². The maximum absolute atomic E-state index is 13.2. The number of aliphatic hydroxyl groups is 1. The number of carbonyl (C=O) groups excluding carboxylic acids is 1. The van der Waals surface area contributed by atoms with Gasteiger partial charge >= 0.3 is 0 Å². The Morgan fingerprint density at radius 1 is 0.818 bits per heavy atom. The lowest BCUT2D eigenvalue weighted by Crippen LogP contribution is -2.43. The van der Waals surface area contributed by atoms with Gasteiger partial charge in [0.05, 0.1) is 34.7 Å². The summed E-state index contributed by atoms with van der Waals surface area (Å²) in [4.78, 5) is 13.2. The van der Waals surface area contributed by atoms with Crippen molar-refractivity contribution in [2.45, 2.75) is 5.60 Å². The van der Waals surface area contributed by atoms with Crippen LogP contribution in [0.1, 0.15) is 16.7 Å². The third-order valence-corrected chi connectivity index (χ3v) is 5.15. The van der Waals surface area contributed by atoms with E-state index in [9.17, 15) is 9.90 Å². The van der Waals surface area contributed by atoms with E-state index in [4.69, 9.17) is 18.9 Å². The average molecular weight is 450 g/mol. The Morgan fingerprint density at radius 3 is 1.82 bits per heavy atom. The van der Waals surface area contributed by atoms with E-state index in [2.05, 4.69) is 10.5 Å². The number of nitrogens with zero attached hydrogens (tertiary/aromatic N) is 1. The fourth-order valence-electron chi connectivity index (χ4n) is 3.35. The fourth-order valence-corrected chi connectivity index (χ4v) is 3.35. The Balaban J connectivity index is 1.95. The topological polar surface area (TPSA) is 98.6 Å². The van der Waals surface area contributed by atoms with Gasteiger partial charge in [-0.05, 0) is 47.5 Å². The van der Waals surface area contributed by atoms with Gasteiger partial charge < -0.3 is 24.1 Å². The van der Waals surface area contributed by atoms with Gasteiger partial charge in [0.15, 0.2) is 17.1 Å². The second-order valence-corrected chi connectivity index (χ2v) is 6.95. The van der Waals surface area contributed by atoms with Crippen LogP contribution in [0.25, 0.3) is 0 Å². The van der Waals surface area contributed by atoms with Crippen molar-refractivity contribution in [3.8, 4) is 23.0 Å². The molecule has 0 bridgehead atoms. The predicted molar refractivity (Wildman–Crippen MR) is 124 cm³/mol. The van der Waals surface area contributed by atoms with Gasteiger partial charge in [-0.15, -0.1) is 0 Å². The Hall–Kier alpha value is -4.04. The van der Waals surface area contributed by atoms with Gasteiger partial charge in [0.25, 0.3) is 5.91 Å². The second-order valence-electron chi connectivity index (χ2n) is 6.95. The highest BCUT2D eigenvalue weighted by Gasteiger charge is 2.40. The molecule has 0 saturated heterocycles. The Bertz CT molecular complexity index is 1060. The van der Waals surface area contributed by atoms with Crippen molar-refractivity contribution in [2.24, 2.45) is 5.10 Å². The van der Waals surface area contributed by atoms with E-state index in [1.165, 1.54) is 20.4 Å². The molecule has 0 aromatic heterocycles. The van der Waals surface area contributed by atoms with Crippen LogP contribution in [0.15, 0.2) is 71.8 Å². The first kappa shape index (κ1) is 23.6. The number of hydrazone groups is 1. The molecule has 0 aliphatic carbocycles. The minimum absolute atomic E-state index is 0.347. The highest BCUT2D eigenvalue weighted by molar-refractivity contribution is 5.92. The summed E-state index contributed by atoms with van der Waals surface area (Å²) in [5, 5.41) is 15.7. The number of hydrogen-bond donors (Lipinski definition) is 2. The molecule has 0 radical (unpaired) electrons. The molecule has 3 aromatic rings. The van der Waals surface area contributed by atoms with Crippen LogP contribution in [0.3, 0.4) is 0 Å². The first-order valence-corrected chi connectivity index (χ1v) is 10.0. The average Bonchev–Trinajstić information content (AvgIpc) is 2.87. The molecule has 0 atom stereocenters. The zero-order valence-electron chi connectivity index (χ0n) is 18.9. The number of para-hydroxylation sites is 1. The normalized spacial score (nSPS) is 11.2. The molecule has 0 unspecified atom stereocenters. The number of hydrogen-bond acceptors (Lipinski definition) is 7. The summed E-state index contributed by atoms with van der Waals surface area (Å²) in [5.41, 5.74) is 1.70. The highest BCUT2D eigenvalue weighted by atomic mass is 16.5. The standard InChI is InChI=1S/C25H26N2O6/c1-30-20-12-8-18(9-13-20)25(29,19-10-14-21(31-2)15-11-19)24(28)27-26-16-17-6-5-7-22(32-3)23(17)33-4/h5-16,29H,1-4H3,(H,27,28)/b26-16-. The lowest BCUT2D eigenvalue weighted by atomic mass is 9.85. The van der Waals surface area contributed by atoms with Gasteiger partial charge in [-0.25, -0.2) is 5.43 Å². The van der Waals surface area contributed by atoms with Crippen molar-refractivity contribution < 1.29 is 28.8 Å². The summed E-state index contributed by atoms with van der Waals surface area (Å²) in [7, 11) is 6.13. The van der Waals surface area contributed by atoms with Crippen LogP contribution in [-0.4, -0.2) is 45.7 Å². The Labute approximate surface area is 192 Å². The van der Waals surface area contributed by atoms with Gasteiger partial charge in [0.1, 0.15) is 11.5 Å². The van der Waals surface area contributed by atoms with Crippen molar-refractivity contribution in [3.63, 3.8) is 0 Å². The summed E-state index contributed by atoms with van der Waals surface area (Å²) < 4.78 is 21.0. The van der Waals surface area contributed by atoms with E-state index < -0.39 is 11.5 Å². The molecule has 8 nitrogen and oxygen atoms in total. The molecule has 0 aliphatic heterocycles. The third-order valence-electron chi connectivity index (χ3n) is 5.15. The molecular weight excluding hydrogens is 424 g/mol. The van der Waals surface area contributed by atoms with E-state index in [1.807, 2.05) is 0 Å². The van der Waals surface area contributed by atoms with Gasteiger partial charge in [0.2, 0.25) is 0 Å². The summed E-state index contributed by atoms with van der Waals surface area (Å²) in [6.45, 7) is 0. The minimum atomic E-state index is -2.02. The zero-order chi connectivity index (χ0) is 23.8. The second kappa shape index (κ2) is 10.5. The van der Waals surface area contributed by atoms with Crippen LogP contribution >= 0.6 is 0 Å². The monoisotopic (exact) mass is 450 g/mol. The lowest BCUT2D eigenvalue weighted by Gasteiger charge is -2.27. The molecule has 0 spiro atoms. The number of amides is 1. The number of methoxy groups -OCH3 is 4. The van der Waals surface area contributed by atoms with Crippen molar-refractivity contribution in [1.82, 2.24) is 5.43 Å². The van der Waals surface area contributed by atoms with Gasteiger partial charge in [0, 0.05) is 5.56 Å². The molecule has 3 aromatic carbocycles. The maximum Gasteiger partial charge on any atom is 0.281 e. The molecular formula is C25H26N2O6. The van der Waals surface area contributed by atoms with Crippen LogP contribution < -0.4 is 24.4 Å². The molecule has 0 fully saturated rings. The molecule has 0 aliphatic rings. The fraction of sp³-hybridized carbons (Fsp3) is 0.200. The summed E-state index contributed by atoms with van der Waals surface area (Å²) >= 11 is 0. The number of ether oxygens (including phenoxy) is 4. The maximum atomic E-state index is 13.2. The van der Waals surface area contributed by atoms with Crippen molar-refractivity contribution in [3.05, 3.63) is 83.4 Å². The molecule has 0 saturated carbocycles. The third kappa shape index (κ3) is 4.91. The predicted octanol–water partition coefficient (Wildman–Crippen LogP) is 3.11. The molecule has 1 amide bonds. The number of benzene rings is 3. The summed E-state index contributed by atoms with van der Waals surface area (Å²) in [6, 6.07) is 18.4. The summed E-state index contributed by atoms with van der Waals surface area (Å²) in [5.74, 6) is 1.45. The molecule has 172 valence electrons. The first-order chi connectivity index (χ1) is 16.0. The molecule has 3 rings (SSSR count). The van der Waals surface area contributed by atoms with E-state index in [-0.39, 0.29) is 0 Å². The molecule has 33 heavy (non-hydrogen) atoms. The molecule has 0 heterocycles. The lowest BCUT2D eigenvalue weighted by molar-refractivity contribution is -0.136. The van der Waals surface area contributed by atoms with Crippen LogP contribution in [0.5, 0.6) is 23.0 Å². The van der Waals surface area contributed by atoms with E-state index in [0.717, 1.165) is 0 Å². The number of carbonyl (C=O) groups is 1. The quantitative estimate of drug-likeness (QED) is 0.384. The van der Waals surface area contributed by atoms with Crippen LogP contribution in [-0.2, 0) is 10.4 Å². The van der Waals surface area contributed by atoms with Crippen LogP contribution in [0, 0.1) is 0 Å². The van der Waals surface area contributed by atoms with Gasteiger partial charge in [-0.1, -0.05) is 30.3 Å². The Kier molecular flexibility index (Phi) is 7.53. The van der Waals surface area contributed by atoms with Crippen LogP contribution in [0.2, 0.25) is 0 Å². The SMILES string of the molecule is COc1ccc(C(O)(C(=O)N/N=C\c2cccc(OC)c2OC)c2ccc(OC)cc2)cc1. The van der Waals surface area contributed by atoms with E-state index in [1.54, 1.807) is 80.9 Å². The smallest absolute Gasteiger partial charge is 0.281 e. The highest BCUT2D eigenvalue weighted by Crippen LogP contribution is 2.33. The number of nitrogens with one attached hydrogen (secondary N) is 1. The van der Waals surface area contributed by atoms with Gasteiger partial charge in [-0.3, -0.25) is 4.79 Å². The Morgan fingerprint density at radius 2 is 1.36 bits per heavy atom.